The van der Waals surface area contributed by atoms with E-state index in [4.69, 9.17) is 18.9 Å². The number of likely N-dealkylation sites (tertiary alicyclic amines) is 1. The van der Waals surface area contributed by atoms with Gasteiger partial charge in [-0.2, -0.15) is 0 Å². The zero-order valence-electron chi connectivity index (χ0n) is 19.6. The molecular formula is C25H26N2O8. The molecule has 184 valence electrons. The lowest BCUT2D eigenvalue weighted by molar-refractivity contribution is -0.149. The summed E-state index contributed by atoms with van der Waals surface area (Å²) in [6.45, 7) is 0. The van der Waals surface area contributed by atoms with Gasteiger partial charge in [0.2, 0.25) is 18.0 Å². The van der Waals surface area contributed by atoms with Crippen LogP contribution in [-0.4, -0.2) is 62.1 Å². The van der Waals surface area contributed by atoms with Crippen LogP contribution in [0.5, 0.6) is 11.5 Å². The topological polar surface area (TPSA) is 120 Å². The number of rotatable bonds is 8. The molecule has 1 fully saturated rings. The van der Waals surface area contributed by atoms with Gasteiger partial charge in [0.1, 0.15) is 17.6 Å². The van der Waals surface area contributed by atoms with Crippen molar-refractivity contribution < 1.29 is 38.1 Å². The first-order valence-corrected chi connectivity index (χ1v) is 11.1. The quantitative estimate of drug-likeness (QED) is 0.565. The monoisotopic (exact) mass is 482 g/mol. The molecule has 3 atom stereocenters. The van der Waals surface area contributed by atoms with Gasteiger partial charge in [0.15, 0.2) is 11.5 Å². The van der Waals surface area contributed by atoms with Crippen molar-refractivity contribution in [2.45, 2.75) is 37.6 Å². The van der Waals surface area contributed by atoms with E-state index in [1.807, 2.05) is 30.3 Å². The van der Waals surface area contributed by atoms with Gasteiger partial charge in [-0.15, -0.1) is 0 Å². The minimum atomic E-state index is -1.10. The number of methoxy groups -OCH3 is 3. The van der Waals surface area contributed by atoms with Crippen molar-refractivity contribution in [1.29, 1.82) is 0 Å². The number of amides is 2. The van der Waals surface area contributed by atoms with Crippen molar-refractivity contribution in [3.05, 3.63) is 59.2 Å². The average molecular weight is 482 g/mol. The fourth-order valence-electron chi connectivity index (χ4n) is 4.50. The maximum absolute atomic E-state index is 13.3. The number of carbonyl (C=O) groups is 4. The number of esters is 2. The summed E-state index contributed by atoms with van der Waals surface area (Å²) in [4.78, 5) is 52.5. The van der Waals surface area contributed by atoms with E-state index < -0.39 is 36.2 Å². The van der Waals surface area contributed by atoms with Crippen molar-refractivity contribution in [1.82, 2.24) is 10.2 Å². The lowest BCUT2D eigenvalue weighted by Gasteiger charge is -2.30. The lowest BCUT2D eigenvalue weighted by atomic mass is 10.0. The summed E-state index contributed by atoms with van der Waals surface area (Å²) < 4.78 is 21.0. The van der Waals surface area contributed by atoms with Crippen molar-refractivity contribution in [3.8, 4) is 11.5 Å². The van der Waals surface area contributed by atoms with Crippen molar-refractivity contribution in [3.63, 3.8) is 0 Å². The predicted octanol–water partition coefficient (Wildman–Crippen LogP) is 1.76. The summed E-state index contributed by atoms with van der Waals surface area (Å²) in [6.07, 6.45) is -0.580. The molecule has 35 heavy (non-hydrogen) atoms. The number of nitrogens with zero attached hydrogens (tertiary/aromatic N) is 1. The second-order valence-electron chi connectivity index (χ2n) is 8.15. The van der Waals surface area contributed by atoms with Gasteiger partial charge in [0.05, 0.1) is 21.3 Å². The molecule has 2 heterocycles. The molecule has 3 unspecified atom stereocenters. The van der Waals surface area contributed by atoms with Crippen molar-refractivity contribution in [2.75, 3.05) is 21.3 Å². The van der Waals surface area contributed by atoms with Crippen LogP contribution in [0.15, 0.2) is 42.5 Å². The molecule has 1 saturated heterocycles. The minimum absolute atomic E-state index is 0.0936. The number of fused-ring (bicyclic) bond motifs is 1. The minimum Gasteiger partial charge on any atom is -0.493 e. The van der Waals surface area contributed by atoms with Gasteiger partial charge in [-0.1, -0.05) is 30.3 Å². The number of hydrogen-bond donors (Lipinski definition) is 1. The SMILES string of the molecule is COC(=O)C(Cc1ccccc1)NC(=O)C1CCC(=O)N1C1OC(=O)c2c1ccc(OC)c2OC. The third-order valence-corrected chi connectivity index (χ3v) is 6.16. The number of benzene rings is 2. The zero-order chi connectivity index (χ0) is 25.1. The van der Waals surface area contributed by atoms with E-state index in [0.29, 0.717) is 11.3 Å². The standard InChI is InChI=1S/C25H26N2O8/c1-32-18-11-9-15-20(21(18)33-2)25(31)35-23(15)27-17(10-12-19(27)28)22(29)26-16(24(30)34-3)13-14-7-5-4-6-8-14/h4-9,11,16-17,23H,10,12-13H2,1-3H3,(H,26,29). The van der Waals surface area contributed by atoms with Crippen LogP contribution in [0.2, 0.25) is 0 Å². The van der Waals surface area contributed by atoms with E-state index in [2.05, 4.69) is 5.32 Å². The van der Waals surface area contributed by atoms with E-state index in [1.165, 1.54) is 26.2 Å². The number of cyclic esters (lactones) is 1. The number of hydrogen-bond acceptors (Lipinski definition) is 8. The summed E-state index contributed by atoms with van der Waals surface area (Å²) in [5, 5.41) is 2.72. The Morgan fingerprint density at radius 1 is 1.09 bits per heavy atom. The highest BCUT2D eigenvalue weighted by Crippen LogP contribution is 2.45. The molecular weight excluding hydrogens is 456 g/mol. The summed E-state index contributed by atoms with van der Waals surface area (Å²) in [5.41, 5.74) is 1.38. The molecule has 0 bridgehead atoms. The Bertz CT molecular complexity index is 1150. The van der Waals surface area contributed by atoms with Crippen LogP contribution in [0.4, 0.5) is 0 Å². The molecule has 2 amide bonds. The molecule has 2 aliphatic heterocycles. The van der Waals surface area contributed by atoms with Crippen LogP contribution in [0.25, 0.3) is 0 Å². The van der Waals surface area contributed by atoms with E-state index in [9.17, 15) is 19.2 Å². The summed E-state index contributed by atoms with van der Waals surface area (Å²) in [7, 11) is 4.09. The van der Waals surface area contributed by atoms with Gasteiger partial charge >= 0.3 is 11.9 Å². The van der Waals surface area contributed by atoms with Crippen LogP contribution >= 0.6 is 0 Å². The molecule has 10 heteroatoms. The Hall–Kier alpha value is -4.08. The van der Waals surface area contributed by atoms with Crippen molar-refractivity contribution >= 4 is 23.8 Å². The molecule has 0 aliphatic carbocycles. The zero-order valence-corrected chi connectivity index (χ0v) is 19.6. The second kappa shape index (κ2) is 10.0. The van der Waals surface area contributed by atoms with E-state index in [-0.39, 0.29) is 36.5 Å². The maximum atomic E-state index is 13.3. The first kappa shape index (κ1) is 24.1. The third kappa shape index (κ3) is 4.51. The summed E-state index contributed by atoms with van der Waals surface area (Å²) >= 11 is 0. The highest BCUT2D eigenvalue weighted by Gasteiger charge is 2.48. The first-order chi connectivity index (χ1) is 16.9. The smallest absolute Gasteiger partial charge is 0.344 e. The second-order valence-corrected chi connectivity index (χ2v) is 8.15. The van der Waals surface area contributed by atoms with Gasteiger partial charge < -0.3 is 24.3 Å². The van der Waals surface area contributed by atoms with Gasteiger partial charge in [-0.25, -0.2) is 9.59 Å². The largest absolute Gasteiger partial charge is 0.493 e. The maximum Gasteiger partial charge on any atom is 0.344 e. The Kier molecular flexibility index (Phi) is 6.90. The van der Waals surface area contributed by atoms with E-state index in [1.54, 1.807) is 12.1 Å². The van der Waals surface area contributed by atoms with Gasteiger partial charge in [-0.05, 0) is 24.1 Å². The molecule has 0 radical (unpaired) electrons. The third-order valence-electron chi connectivity index (χ3n) is 6.16. The molecule has 0 spiro atoms. The van der Waals surface area contributed by atoms with Gasteiger partial charge in [0, 0.05) is 18.4 Å². The summed E-state index contributed by atoms with van der Waals surface area (Å²) in [5.74, 6) is -1.63. The normalized spacial score (nSPS) is 19.6. The fraction of sp³-hybridized carbons (Fsp3) is 0.360. The highest BCUT2D eigenvalue weighted by molar-refractivity contribution is 5.99. The molecule has 1 N–H and O–H groups in total. The molecule has 0 aromatic heterocycles. The molecule has 2 aromatic carbocycles. The van der Waals surface area contributed by atoms with Crippen LogP contribution < -0.4 is 14.8 Å². The Labute approximate surface area is 202 Å². The van der Waals surface area contributed by atoms with Gasteiger partial charge in [0.25, 0.3) is 0 Å². The number of nitrogens with one attached hydrogen (secondary N) is 1. The number of carbonyl (C=O) groups excluding carboxylic acids is 4. The highest BCUT2D eigenvalue weighted by atomic mass is 16.6. The molecule has 10 nitrogen and oxygen atoms in total. The summed E-state index contributed by atoms with van der Waals surface area (Å²) in [6, 6.07) is 10.5. The first-order valence-electron chi connectivity index (χ1n) is 11.1. The van der Waals surface area contributed by atoms with Crippen LogP contribution in [0.1, 0.15) is 40.6 Å². The van der Waals surface area contributed by atoms with Crippen LogP contribution in [0.3, 0.4) is 0 Å². The van der Waals surface area contributed by atoms with Crippen LogP contribution in [0, 0.1) is 0 Å². The van der Waals surface area contributed by atoms with Crippen molar-refractivity contribution in [2.24, 2.45) is 0 Å². The Morgan fingerprint density at radius 3 is 2.49 bits per heavy atom. The van der Waals surface area contributed by atoms with Gasteiger partial charge in [-0.3, -0.25) is 14.5 Å². The molecule has 2 aliphatic rings. The van der Waals surface area contributed by atoms with Crippen LogP contribution in [-0.2, 0) is 30.3 Å². The lowest BCUT2D eigenvalue weighted by Crippen LogP contribution is -2.52. The molecule has 0 saturated carbocycles. The average Bonchev–Trinajstić information content (AvgIpc) is 3.42. The fourth-order valence-corrected chi connectivity index (χ4v) is 4.50. The van der Waals surface area contributed by atoms with E-state index >= 15 is 0 Å². The predicted molar refractivity (Wildman–Crippen MR) is 122 cm³/mol. The molecule has 4 rings (SSSR count). The Morgan fingerprint density at radius 2 is 1.83 bits per heavy atom. The number of ether oxygens (including phenoxy) is 4. The Balaban J connectivity index is 1.60. The molecule has 2 aromatic rings. The van der Waals surface area contributed by atoms with E-state index in [0.717, 1.165) is 5.56 Å².